The molecule has 0 saturated heterocycles. The highest BCUT2D eigenvalue weighted by Crippen LogP contribution is 2.43. The first kappa shape index (κ1) is 20.0. The standard InChI is InChI=1S/C23H31N3O3/c1-16-7-8-21-22(26(16)17(2)28)10-9-20(19-13-24-25(14-19)11-12-27)23(21)29-15-18-5-3-4-6-18/h9-10,13-14,16,18,27H,3-8,11-12,15H2,1-2H3. The Kier molecular flexibility index (Phi) is 5.90. The maximum atomic E-state index is 12.3. The van der Waals surface area contributed by atoms with Crippen molar-refractivity contribution in [2.24, 2.45) is 5.92 Å². The van der Waals surface area contributed by atoms with E-state index in [9.17, 15) is 9.90 Å². The van der Waals surface area contributed by atoms with E-state index in [4.69, 9.17) is 4.74 Å². The first-order chi connectivity index (χ1) is 14.1. The number of amides is 1. The van der Waals surface area contributed by atoms with Gasteiger partial charge in [0.05, 0.1) is 31.6 Å². The van der Waals surface area contributed by atoms with E-state index in [-0.39, 0.29) is 18.6 Å². The molecule has 0 bridgehead atoms. The van der Waals surface area contributed by atoms with Crippen LogP contribution in [0.2, 0.25) is 0 Å². The van der Waals surface area contributed by atoms with E-state index < -0.39 is 0 Å². The molecule has 0 spiro atoms. The minimum Gasteiger partial charge on any atom is -0.492 e. The Balaban J connectivity index is 1.74. The molecular weight excluding hydrogens is 366 g/mol. The normalized spacial score (nSPS) is 19.4. The quantitative estimate of drug-likeness (QED) is 0.805. The van der Waals surface area contributed by atoms with Gasteiger partial charge >= 0.3 is 0 Å². The Morgan fingerprint density at radius 1 is 1.28 bits per heavy atom. The van der Waals surface area contributed by atoms with Crippen molar-refractivity contribution >= 4 is 11.6 Å². The largest absolute Gasteiger partial charge is 0.492 e. The highest BCUT2D eigenvalue weighted by atomic mass is 16.5. The van der Waals surface area contributed by atoms with Crippen LogP contribution in [0.4, 0.5) is 5.69 Å². The molecule has 2 heterocycles. The molecule has 1 amide bonds. The maximum Gasteiger partial charge on any atom is 0.224 e. The topological polar surface area (TPSA) is 67.6 Å². The van der Waals surface area contributed by atoms with Crippen LogP contribution in [0.1, 0.15) is 51.5 Å². The fourth-order valence-electron chi connectivity index (χ4n) is 4.78. The number of aliphatic hydroxyl groups is 1. The molecule has 1 saturated carbocycles. The number of ether oxygens (including phenoxy) is 1. The van der Waals surface area contributed by atoms with Gasteiger partial charge in [0.15, 0.2) is 0 Å². The summed E-state index contributed by atoms with van der Waals surface area (Å²) in [5.41, 5.74) is 4.10. The highest BCUT2D eigenvalue weighted by molar-refractivity contribution is 5.95. The van der Waals surface area contributed by atoms with Crippen LogP contribution in [-0.4, -0.2) is 40.0 Å². The molecular formula is C23H31N3O3. The first-order valence-electron chi connectivity index (χ1n) is 10.8. The lowest BCUT2D eigenvalue weighted by Gasteiger charge is -2.36. The second kappa shape index (κ2) is 8.57. The number of hydrogen-bond acceptors (Lipinski definition) is 4. The lowest BCUT2D eigenvalue weighted by molar-refractivity contribution is -0.117. The minimum absolute atomic E-state index is 0.0573. The number of hydrogen-bond donors (Lipinski definition) is 1. The van der Waals surface area contributed by atoms with Gasteiger partial charge in [-0.3, -0.25) is 9.48 Å². The van der Waals surface area contributed by atoms with E-state index in [1.807, 2.05) is 23.4 Å². The summed E-state index contributed by atoms with van der Waals surface area (Å²) < 4.78 is 8.23. The van der Waals surface area contributed by atoms with E-state index >= 15 is 0 Å². The summed E-state index contributed by atoms with van der Waals surface area (Å²) in [5, 5.41) is 13.6. The van der Waals surface area contributed by atoms with Crippen molar-refractivity contribution in [3.05, 3.63) is 30.1 Å². The molecule has 1 aliphatic heterocycles. The average Bonchev–Trinajstić information content (AvgIpc) is 3.37. The molecule has 2 aliphatic rings. The van der Waals surface area contributed by atoms with Crippen molar-refractivity contribution in [2.75, 3.05) is 18.1 Å². The number of rotatable bonds is 6. The van der Waals surface area contributed by atoms with Crippen molar-refractivity contribution < 1.29 is 14.6 Å². The van der Waals surface area contributed by atoms with E-state index in [1.165, 1.54) is 25.7 Å². The van der Waals surface area contributed by atoms with Gasteiger partial charge in [-0.05, 0) is 50.7 Å². The van der Waals surface area contributed by atoms with Gasteiger partial charge in [0.1, 0.15) is 5.75 Å². The van der Waals surface area contributed by atoms with Gasteiger partial charge in [-0.2, -0.15) is 5.10 Å². The Morgan fingerprint density at radius 2 is 2.07 bits per heavy atom. The molecule has 6 nitrogen and oxygen atoms in total. The summed E-state index contributed by atoms with van der Waals surface area (Å²) in [5.74, 6) is 1.59. The van der Waals surface area contributed by atoms with Gasteiger partial charge < -0.3 is 14.7 Å². The second-order valence-corrected chi connectivity index (χ2v) is 8.39. The average molecular weight is 398 g/mol. The molecule has 1 fully saturated rings. The summed E-state index contributed by atoms with van der Waals surface area (Å²) in [4.78, 5) is 14.2. The monoisotopic (exact) mass is 397 g/mol. The zero-order valence-electron chi connectivity index (χ0n) is 17.4. The van der Waals surface area contributed by atoms with Gasteiger partial charge in [-0.15, -0.1) is 0 Å². The molecule has 1 aliphatic carbocycles. The number of fused-ring (bicyclic) bond motifs is 1. The predicted molar refractivity (Wildman–Crippen MR) is 113 cm³/mol. The molecule has 1 aromatic heterocycles. The third-order valence-corrected chi connectivity index (χ3v) is 6.30. The van der Waals surface area contributed by atoms with E-state index in [2.05, 4.69) is 18.1 Å². The Bertz CT molecular complexity index is 870. The predicted octanol–water partition coefficient (Wildman–Crippen LogP) is 3.80. The van der Waals surface area contributed by atoms with Crippen LogP contribution in [-0.2, 0) is 17.8 Å². The van der Waals surface area contributed by atoms with Gasteiger partial charge in [-0.1, -0.05) is 12.8 Å². The molecule has 1 atom stereocenters. The Labute approximate surface area is 172 Å². The molecule has 1 aromatic carbocycles. The fourth-order valence-corrected chi connectivity index (χ4v) is 4.78. The third kappa shape index (κ3) is 4.04. The second-order valence-electron chi connectivity index (χ2n) is 8.39. The van der Waals surface area contributed by atoms with Gasteiger partial charge in [-0.25, -0.2) is 0 Å². The molecule has 4 rings (SSSR count). The van der Waals surface area contributed by atoms with Gasteiger partial charge in [0.25, 0.3) is 0 Å². The molecule has 6 heteroatoms. The van der Waals surface area contributed by atoms with Crippen LogP contribution >= 0.6 is 0 Å². The van der Waals surface area contributed by atoms with Crippen molar-refractivity contribution in [3.63, 3.8) is 0 Å². The number of nitrogens with zero attached hydrogens (tertiary/aromatic N) is 3. The highest BCUT2D eigenvalue weighted by Gasteiger charge is 2.30. The van der Waals surface area contributed by atoms with Crippen molar-refractivity contribution in [2.45, 2.75) is 65.0 Å². The van der Waals surface area contributed by atoms with E-state index in [0.717, 1.165) is 47.6 Å². The van der Waals surface area contributed by atoms with Crippen molar-refractivity contribution in [1.29, 1.82) is 0 Å². The maximum absolute atomic E-state index is 12.3. The number of aliphatic hydroxyl groups excluding tert-OH is 1. The van der Waals surface area contributed by atoms with Crippen molar-refractivity contribution in [1.82, 2.24) is 9.78 Å². The summed E-state index contributed by atoms with van der Waals surface area (Å²) in [6, 6.07) is 4.30. The van der Waals surface area contributed by atoms with E-state index in [1.54, 1.807) is 11.6 Å². The summed E-state index contributed by atoms with van der Waals surface area (Å²) in [6.07, 6.45) is 10.7. The van der Waals surface area contributed by atoms with Crippen LogP contribution in [0.25, 0.3) is 11.1 Å². The Morgan fingerprint density at radius 3 is 2.79 bits per heavy atom. The Hall–Kier alpha value is -2.34. The number of carbonyl (C=O) groups is 1. The zero-order valence-corrected chi connectivity index (χ0v) is 17.4. The zero-order chi connectivity index (χ0) is 20.4. The first-order valence-corrected chi connectivity index (χ1v) is 10.8. The summed E-state index contributed by atoms with van der Waals surface area (Å²) in [7, 11) is 0. The van der Waals surface area contributed by atoms with Crippen LogP contribution in [0.5, 0.6) is 5.75 Å². The fraction of sp³-hybridized carbons (Fsp3) is 0.565. The number of benzene rings is 1. The lowest BCUT2D eigenvalue weighted by atomic mass is 9.92. The molecule has 1 unspecified atom stereocenters. The molecule has 156 valence electrons. The van der Waals surface area contributed by atoms with Gasteiger partial charge in [0, 0.05) is 35.9 Å². The molecule has 29 heavy (non-hydrogen) atoms. The van der Waals surface area contributed by atoms with Crippen LogP contribution in [0, 0.1) is 5.92 Å². The van der Waals surface area contributed by atoms with Gasteiger partial charge in [0.2, 0.25) is 5.91 Å². The van der Waals surface area contributed by atoms with E-state index in [0.29, 0.717) is 12.5 Å². The number of aromatic nitrogens is 2. The lowest BCUT2D eigenvalue weighted by Crippen LogP contribution is -2.40. The van der Waals surface area contributed by atoms with Crippen LogP contribution < -0.4 is 9.64 Å². The summed E-state index contributed by atoms with van der Waals surface area (Å²) in [6.45, 7) is 5.00. The summed E-state index contributed by atoms with van der Waals surface area (Å²) >= 11 is 0. The van der Waals surface area contributed by atoms with Crippen molar-refractivity contribution in [3.8, 4) is 16.9 Å². The molecule has 0 radical (unpaired) electrons. The molecule has 2 aromatic rings. The SMILES string of the molecule is CC(=O)N1c2ccc(-c3cnn(CCO)c3)c(OCC3CCCC3)c2CCC1C. The van der Waals surface area contributed by atoms with Crippen LogP contribution in [0.3, 0.4) is 0 Å². The van der Waals surface area contributed by atoms with Crippen LogP contribution in [0.15, 0.2) is 24.5 Å². The number of anilines is 1. The third-order valence-electron chi connectivity index (χ3n) is 6.30. The smallest absolute Gasteiger partial charge is 0.224 e. The molecule has 1 N–H and O–H groups in total. The number of carbonyl (C=O) groups excluding carboxylic acids is 1. The minimum atomic E-state index is 0.0573.